The summed E-state index contributed by atoms with van der Waals surface area (Å²) in [6.07, 6.45) is 0. The van der Waals surface area contributed by atoms with Crippen molar-refractivity contribution in [1.29, 1.82) is 0 Å². The van der Waals surface area contributed by atoms with Gasteiger partial charge >= 0.3 is 0 Å². The van der Waals surface area contributed by atoms with Crippen LogP contribution in [0.25, 0.3) is 0 Å². The Hall–Kier alpha value is -2.06. The van der Waals surface area contributed by atoms with Crippen molar-refractivity contribution in [2.75, 3.05) is 33.5 Å². The summed E-state index contributed by atoms with van der Waals surface area (Å²) in [6, 6.07) is 2.00. The third-order valence-corrected chi connectivity index (χ3v) is 2.66. The third kappa shape index (κ3) is 5.09. The van der Waals surface area contributed by atoms with Crippen LogP contribution < -0.4 is 5.32 Å². The number of rotatable bonds is 8. The number of methoxy groups -OCH3 is 1. The van der Waals surface area contributed by atoms with Gasteiger partial charge in [0.2, 0.25) is 0 Å². The second kappa shape index (κ2) is 8.28. The topological polar surface area (TPSA) is 90.7 Å². The molecule has 1 rings (SSSR count). The minimum atomic E-state index is -0.765. The predicted octanol–water partition coefficient (Wildman–Crippen LogP) is 1.44. The van der Waals surface area contributed by atoms with Crippen molar-refractivity contribution in [2.45, 2.75) is 6.92 Å². The lowest BCUT2D eigenvalue weighted by molar-refractivity contribution is -0.385. The molecular weight excluding hydrogens is 283 g/mol. The molecule has 0 aromatic heterocycles. The number of hydrogen-bond acceptors (Lipinski definition) is 5. The van der Waals surface area contributed by atoms with Gasteiger partial charge in [0, 0.05) is 25.8 Å². The molecule has 116 valence electrons. The molecule has 0 aliphatic carbocycles. The molecule has 1 aromatic carbocycles. The summed E-state index contributed by atoms with van der Waals surface area (Å²) in [4.78, 5) is 21.9. The van der Waals surface area contributed by atoms with Gasteiger partial charge in [-0.3, -0.25) is 14.9 Å². The van der Waals surface area contributed by atoms with Gasteiger partial charge in [0.25, 0.3) is 11.6 Å². The second-order valence-corrected chi connectivity index (χ2v) is 4.24. The van der Waals surface area contributed by atoms with Crippen molar-refractivity contribution < 1.29 is 23.6 Å². The summed E-state index contributed by atoms with van der Waals surface area (Å²) in [7, 11) is 1.54. The monoisotopic (exact) mass is 300 g/mol. The minimum absolute atomic E-state index is 0.0469. The number of halogens is 1. The van der Waals surface area contributed by atoms with Crippen LogP contribution in [-0.4, -0.2) is 44.3 Å². The van der Waals surface area contributed by atoms with Crippen molar-refractivity contribution >= 4 is 11.6 Å². The number of non-ortho nitro benzene ring substituents is 1. The molecule has 0 heterocycles. The largest absolute Gasteiger partial charge is 0.382 e. The number of nitro groups is 1. The lowest BCUT2D eigenvalue weighted by Crippen LogP contribution is -2.28. The summed E-state index contributed by atoms with van der Waals surface area (Å²) in [5.41, 5.74) is -0.625. The lowest BCUT2D eigenvalue weighted by Gasteiger charge is -2.08. The number of hydrogen-bond donors (Lipinski definition) is 1. The first kappa shape index (κ1) is 17.0. The summed E-state index contributed by atoms with van der Waals surface area (Å²) in [5.74, 6) is -1.48. The van der Waals surface area contributed by atoms with E-state index in [1.54, 1.807) is 7.11 Å². The number of benzene rings is 1. The molecule has 0 saturated carbocycles. The molecule has 0 spiro atoms. The number of carbonyl (C=O) groups excluding carboxylic acids is 1. The molecule has 1 N–H and O–H groups in total. The van der Waals surface area contributed by atoms with Gasteiger partial charge in [0.05, 0.1) is 30.3 Å². The van der Waals surface area contributed by atoms with E-state index in [-0.39, 0.29) is 30.0 Å². The highest BCUT2D eigenvalue weighted by Gasteiger charge is 2.19. The molecule has 0 saturated heterocycles. The Labute approximate surface area is 121 Å². The fourth-order valence-corrected chi connectivity index (χ4v) is 1.60. The van der Waals surface area contributed by atoms with Gasteiger partial charge in [-0.2, -0.15) is 0 Å². The Balaban J connectivity index is 2.63. The number of aryl methyl sites for hydroxylation is 1. The highest BCUT2D eigenvalue weighted by molar-refractivity contribution is 5.95. The summed E-state index contributed by atoms with van der Waals surface area (Å²) >= 11 is 0. The predicted molar refractivity (Wildman–Crippen MR) is 72.8 cm³/mol. The van der Waals surface area contributed by atoms with Gasteiger partial charge in [0.15, 0.2) is 0 Å². The van der Waals surface area contributed by atoms with Crippen LogP contribution in [0.15, 0.2) is 12.1 Å². The van der Waals surface area contributed by atoms with Gasteiger partial charge in [-0.25, -0.2) is 4.39 Å². The SMILES string of the molecule is COCCOCCNC(=O)c1cc([N+](=O)[O-])cc(C)c1F. The van der Waals surface area contributed by atoms with Crippen LogP contribution in [0.4, 0.5) is 10.1 Å². The Morgan fingerprint density at radius 3 is 2.71 bits per heavy atom. The molecule has 1 aromatic rings. The maximum Gasteiger partial charge on any atom is 0.270 e. The Bertz CT molecular complexity index is 522. The average molecular weight is 300 g/mol. The normalized spacial score (nSPS) is 10.4. The van der Waals surface area contributed by atoms with E-state index in [2.05, 4.69) is 5.32 Å². The third-order valence-electron chi connectivity index (χ3n) is 2.66. The maximum atomic E-state index is 13.8. The lowest BCUT2D eigenvalue weighted by atomic mass is 10.1. The Morgan fingerprint density at radius 1 is 1.38 bits per heavy atom. The van der Waals surface area contributed by atoms with Crippen LogP contribution in [0, 0.1) is 22.9 Å². The van der Waals surface area contributed by atoms with Gasteiger partial charge in [0.1, 0.15) is 5.82 Å². The highest BCUT2D eigenvalue weighted by Crippen LogP contribution is 2.20. The van der Waals surface area contributed by atoms with E-state index >= 15 is 0 Å². The zero-order valence-electron chi connectivity index (χ0n) is 11.8. The summed E-state index contributed by atoms with van der Waals surface area (Å²) in [6.45, 7) is 2.60. The highest BCUT2D eigenvalue weighted by atomic mass is 19.1. The van der Waals surface area contributed by atoms with Crippen LogP contribution in [0.3, 0.4) is 0 Å². The van der Waals surface area contributed by atoms with E-state index < -0.39 is 16.6 Å². The van der Waals surface area contributed by atoms with Crippen LogP contribution in [0.1, 0.15) is 15.9 Å². The van der Waals surface area contributed by atoms with E-state index in [0.29, 0.717) is 13.2 Å². The van der Waals surface area contributed by atoms with E-state index in [1.165, 1.54) is 6.92 Å². The average Bonchev–Trinajstić information content (AvgIpc) is 2.44. The number of nitrogens with one attached hydrogen (secondary N) is 1. The fraction of sp³-hybridized carbons (Fsp3) is 0.462. The molecule has 8 heteroatoms. The molecule has 0 unspecified atom stereocenters. The molecule has 1 amide bonds. The van der Waals surface area contributed by atoms with Gasteiger partial charge in [-0.1, -0.05) is 0 Å². The van der Waals surface area contributed by atoms with Crippen LogP contribution in [0.5, 0.6) is 0 Å². The number of nitrogens with zero attached hydrogens (tertiary/aromatic N) is 1. The molecule has 0 aliphatic rings. The van der Waals surface area contributed by atoms with Gasteiger partial charge in [-0.05, 0) is 12.5 Å². The zero-order valence-corrected chi connectivity index (χ0v) is 11.8. The first-order valence-electron chi connectivity index (χ1n) is 6.26. The first-order valence-corrected chi connectivity index (χ1v) is 6.26. The zero-order chi connectivity index (χ0) is 15.8. The minimum Gasteiger partial charge on any atom is -0.382 e. The first-order chi connectivity index (χ1) is 9.97. The smallest absolute Gasteiger partial charge is 0.270 e. The van der Waals surface area contributed by atoms with Crippen molar-refractivity contribution in [3.05, 3.63) is 39.2 Å². The van der Waals surface area contributed by atoms with Gasteiger partial charge in [-0.15, -0.1) is 0 Å². The molecule has 0 aliphatic heterocycles. The molecule has 0 bridgehead atoms. The maximum absolute atomic E-state index is 13.8. The Morgan fingerprint density at radius 2 is 2.10 bits per heavy atom. The van der Waals surface area contributed by atoms with Crippen molar-refractivity contribution in [2.24, 2.45) is 0 Å². The van der Waals surface area contributed by atoms with Crippen molar-refractivity contribution in [3.63, 3.8) is 0 Å². The van der Waals surface area contributed by atoms with Crippen molar-refractivity contribution in [1.82, 2.24) is 5.32 Å². The van der Waals surface area contributed by atoms with Crippen LogP contribution in [0.2, 0.25) is 0 Å². The quantitative estimate of drug-likeness (QED) is 0.445. The molecule has 21 heavy (non-hydrogen) atoms. The fourth-order valence-electron chi connectivity index (χ4n) is 1.60. The molecule has 7 nitrogen and oxygen atoms in total. The molecule has 0 fully saturated rings. The summed E-state index contributed by atoms with van der Waals surface area (Å²) < 4.78 is 23.8. The molecular formula is C13H17FN2O5. The number of amides is 1. The van der Waals surface area contributed by atoms with E-state index in [0.717, 1.165) is 12.1 Å². The van der Waals surface area contributed by atoms with E-state index in [4.69, 9.17) is 9.47 Å². The standard InChI is InChI=1S/C13H17FN2O5/c1-9-7-10(16(18)19)8-11(12(9)14)13(17)15-3-4-21-6-5-20-2/h7-8H,3-6H2,1-2H3,(H,15,17). The van der Waals surface area contributed by atoms with Crippen LogP contribution in [-0.2, 0) is 9.47 Å². The number of carbonyl (C=O) groups is 1. The second-order valence-electron chi connectivity index (χ2n) is 4.24. The van der Waals surface area contributed by atoms with Crippen LogP contribution >= 0.6 is 0 Å². The number of ether oxygens (including phenoxy) is 2. The van der Waals surface area contributed by atoms with E-state index in [1.807, 2.05) is 0 Å². The number of nitro benzene ring substituents is 1. The summed E-state index contributed by atoms with van der Waals surface area (Å²) in [5, 5.41) is 13.2. The Kier molecular flexibility index (Phi) is 6.70. The molecule has 0 atom stereocenters. The molecule has 0 radical (unpaired) electrons. The van der Waals surface area contributed by atoms with Gasteiger partial charge < -0.3 is 14.8 Å². The van der Waals surface area contributed by atoms with Crippen molar-refractivity contribution in [3.8, 4) is 0 Å². The van der Waals surface area contributed by atoms with E-state index in [9.17, 15) is 19.3 Å².